The van der Waals surface area contributed by atoms with Crippen molar-refractivity contribution in [2.24, 2.45) is 5.92 Å². The molecule has 1 fully saturated rings. The lowest BCUT2D eigenvalue weighted by Gasteiger charge is -2.30. The minimum absolute atomic E-state index is 0.438. The summed E-state index contributed by atoms with van der Waals surface area (Å²) in [5, 5.41) is 4.38. The number of rotatable bonds is 8. The van der Waals surface area contributed by atoms with Crippen molar-refractivity contribution in [2.45, 2.75) is 52.1 Å². The first-order valence-electron chi connectivity index (χ1n) is 8.58. The van der Waals surface area contributed by atoms with Gasteiger partial charge in [0, 0.05) is 23.7 Å². The van der Waals surface area contributed by atoms with Gasteiger partial charge in [-0.25, -0.2) is 0 Å². The Balaban J connectivity index is 2.08. The highest BCUT2D eigenvalue weighted by Crippen LogP contribution is 2.34. The van der Waals surface area contributed by atoms with E-state index >= 15 is 0 Å². The zero-order valence-corrected chi connectivity index (χ0v) is 15.0. The molecule has 1 aromatic rings. The Morgan fingerprint density at radius 3 is 2.70 bits per heavy atom. The van der Waals surface area contributed by atoms with Gasteiger partial charge in [-0.15, -0.1) is 0 Å². The van der Waals surface area contributed by atoms with E-state index in [0.717, 1.165) is 23.8 Å². The number of hydrogen-bond donors (Lipinski definition) is 1. The molecule has 4 heteroatoms. The first-order chi connectivity index (χ1) is 11.2. The van der Waals surface area contributed by atoms with Gasteiger partial charge in [-0.3, -0.25) is 0 Å². The lowest BCUT2D eigenvalue weighted by atomic mass is 9.86. The molecule has 1 aliphatic rings. The normalized spacial score (nSPS) is 21.0. The number of benzene rings is 1. The Morgan fingerprint density at radius 2 is 2.00 bits per heavy atom. The van der Waals surface area contributed by atoms with Crippen LogP contribution in [-0.4, -0.2) is 19.3 Å². The SMILES string of the molecule is C=CCOc1cc(Cl)c(CN[C@H]2CCCC[C@@H]2C)cc1OCC. The number of hydrogen-bond acceptors (Lipinski definition) is 3. The number of halogens is 1. The summed E-state index contributed by atoms with van der Waals surface area (Å²) in [6.07, 6.45) is 6.93. The Labute approximate surface area is 145 Å². The summed E-state index contributed by atoms with van der Waals surface area (Å²) in [6.45, 7) is 9.76. The van der Waals surface area contributed by atoms with Crippen LogP contribution in [0.2, 0.25) is 5.02 Å². The molecule has 2 rings (SSSR count). The zero-order chi connectivity index (χ0) is 16.7. The average Bonchev–Trinajstić information content (AvgIpc) is 2.55. The Morgan fingerprint density at radius 1 is 1.26 bits per heavy atom. The Hall–Kier alpha value is -1.19. The highest BCUT2D eigenvalue weighted by Gasteiger charge is 2.21. The van der Waals surface area contributed by atoms with Crippen molar-refractivity contribution in [1.29, 1.82) is 0 Å². The van der Waals surface area contributed by atoms with Crippen molar-refractivity contribution >= 4 is 11.6 Å². The summed E-state index contributed by atoms with van der Waals surface area (Å²) in [5.41, 5.74) is 1.05. The molecule has 3 nitrogen and oxygen atoms in total. The monoisotopic (exact) mass is 337 g/mol. The van der Waals surface area contributed by atoms with Crippen LogP contribution in [0.4, 0.5) is 0 Å². The van der Waals surface area contributed by atoms with Crippen LogP contribution in [0.25, 0.3) is 0 Å². The Kier molecular flexibility index (Phi) is 7.25. The van der Waals surface area contributed by atoms with Gasteiger partial charge in [-0.1, -0.05) is 44.0 Å². The number of nitrogens with one attached hydrogen (secondary N) is 1. The molecular formula is C19H28ClNO2. The molecule has 0 spiro atoms. The van der Waals surface area contributed by atoms with Gasteiger partial charge in [-0.2, -0.15) is 0 Å². The van der Waals surface area contributed by atoms with Gasteiger partial charge in [0.05, 0.1) is 6.61 Å². The molecular weight excluding hydrogens is 310 g/mol. The van der Waals surface area contributed by atoms with Gasteiger partial charge in [0.25, 0.3) is 0 Å². The summed E-state index contributed by atoms with van der Waals surface area (Å²) in [6, 6.07) is 4.41. The van der Waals surface area contributed by atoms with Crippen molar-refractivity contribution in [3.8, 4) is 11.5 Å². The molecule has 0 amide bonds. The quantitative estimate of drug-likeness (QED) is 0.679. The average molecular weight is 338 g/mol. The van der Waals surface area contributed by atoms with Crippen LogP contribution in [0.3, 0.4) is 0 Å². The smallest absolute Gasteiger partial charge is 0.163 e. The molecule has 128 valence electrons. The van der Waals surface area contributed by atoms with E-state index in [1.807, 2.05) is 19.1 Å². The van der Waals surface area contributed by atoms with Crippen molar-refractivity contribution in [3.63, 3.8) is 0 Å². The lowest BCUT2D eigenvalue weighted by Crippen LogP contribution is -2.36. The van der Waals surface area contributed by atoms with E-state index in [0.29, 0.717) is 30.0 Å². The Bertz CT molecular complexity index is 518. The number of ether oxygens (including phenoxy) is 2. The van der Waals surface area contributed by atoms with Crippen LogP contribution in [0.15, 0.2) is 24.8 Å². The van der Waals surface area contributed by atoms with Crippen LogP contribution in [0.1, 0.15) is 45.1 Å². The summed E-state index contributed by atoms with van der Waals surface area (Å²) in [7, 11) is 0. The largest absolute Gasteiger partial charge is 0.490 e. The summed E-state index contributed by atoms with van der Waals surface area (Å²) < 4.78 is 11.3. The standard InChI is InChI=1S/C19H28ClNO2/c1-4-10-23-19-12-16(20)15(11-18(19)22-5-2)13-21-17-9-7-6-8-14(17)3/h4,11-12,14,17,21H,1,5-10,13H2,2-3H3/t14-,17-/m0/s1. The maximum Gasteiger partial charge on any atom is 0.163 e. The van der Waals surface area contributed by atoms with E-state index in [-0.39, 0.29) is 0 Å². The second-order valence-electron chi connectivity index (χ2n) is 6.17. The molecule has 0 aliphatic heterocycles. The molecule has 1 N–H and O–H groups in total. The summed E-state index contributed by atoms with van der Waals surface area (Å²) in [4.78, 5) is 0. The third-order valence-corrected chi connectivity index (χ3v) is 4.79. The second kappa shape index (κ2) is 9.19. The van der Waals surface area contributed by atoms with Crippen LogP contribution in [0, 0.1) is 5.92 Å². The first kappa shape index (κ1) is 18.2. The molecule has 1 aromatic carbocycles. The summed E-state index contributed by atoms with van der Waals surface area (Å²) in [5.74, 6) is 2.14. The molecule has 0 heterocycles. The van der Waals surface area contributed by atoms with E-state index in [1.165, 1.54) is 25.7 Å². The molecule has 1 aliphatic carbocycles. The van der Waals surface area contributed by atoms with E-state index < -0.39 is 0 Å². The topological polar surface area (TPSA) is 30.5 Å². The van der Waals surface area contributed by atoms with Crippen molar-refractivity contribution in [3.05, 3.63) is 35.4 Å². The third kappa shape index (κ3) is 5.15. The fourth-order valence-corrected chi connectivity index (χ4v) is 3.32. The van der Waals surface area contributed by atoms with Crippen molar-refractivity contribution < 1.29 is 9.47 Å². The first-order valence-corrected chi connectivity index (χ1v) is 8.95. The highest BCUT2D eigenvalue weighted by atomic mass is 35.5. The predicted octanol–water partition coefficient (Wildman–Crippen LogP) is 4.97. The molecule has 0 bridgehead atoms. The minimum Gasteiger partial charge on any atom is -0.490 e. The van der Waals surface area contributed by atoms with Gasteiger partial charge >= 0.3 is 0 Å². The predicted molar refractivity (Wildman–Crippen MR) is 96.6 cm³/mol. The molecule has 0 unspecified atom stereocenters. The molecule has 0 radical (unpaired) electrons. The molecule has 2 atom stereocenters. The van der Waals surface area contributed by atoms with Crippen LogP contribution in [-0.2, 0) is 6.54 Å². The zero-order valence-electron chi connectivity index (χ0n) is 14.2. The molecule has 0 aromatic heterocycles. The van der Waals surface area contributed by atoms with Gasteiger partial charge in [0.2, 0.25) is 0 Å². The van der Waals surface area contributed by atoms with Gasteiger partial charge < -0.3 is 14.8 Å². The van der Waals surface area contributed by atoms with E-state index in [9.17, 15) is 0 Å². The minimum atomic E-state index is 0.438. The lowest BCUT2D eigenvalue weighted by molar-refractivity contribution is 0.278. The van der Waals surface area contributed by atoms with Crippen LogP contribution < -0.4 is 14.8 Å². The van der Waals surface area contributed by atoms with E-state index in [4.69, 9.17) is 21.1 Å². The van der Waals surface area contributed by atoms with Crippen LogP contribution >= 0.6 is 11.6 Å². The van der Waals surface area contributed by atoms with Crippen LogP contribution in [0.5, 0.6) is 11.5 Å². The fourth-order valence-electron chi connectivity index (χ4n) is 3.10. The van der Waals surface area contributed by atoms with Gasteiger partial charge in [0.15, 0.2) is 11.5 Å². The highest BCUT2D eigenvalue weighted by molar-refractivity contribution is 6.31. The summed E-state index contributed by atoms with van der Waals surface area (Å²) >= 11 is 6.43. The van der Waals surface area contributed by atoms with Crippen molar-refractivity contribution in [1.82, 2.24) is 5.32 Å². The maximum atomic E-state index is 6.43. The van der Waals surface area contributed by atoms with Gasteiger partial charge in [0.1, 0.15) is 6.61 Å². The van der Waals surface area contributed by atoms with E-state index in [2.05, 4.69) is 18.8 Å². The maximum absolute atomic E-state index is 6.43. The van der Waals surface area contributed by atoms with Crippen molar-refractivity contribution in [2.75, 3.05) is 13.2 Å². The second-order valence-corrected chi connectivity index (χ2v) is 6.58. The fraction of sp³-hybridized carbons (Fsp3) is 0.579. The van der Waals surface area contributed by atoms with Gasteiger partial charge in [-0.05, 0) is 37.3 Å². The third-order valence-electron chi connectivity index (χ3n) is 4.44. The molecule has 0 saturated heterocycles. The van der Waals surface area contributed by atoms with E-state index in [1.54, 1.807) is 6.08 Å². The molecule has 23 heavy (non-hydrogen) atoms. The molecule has 1 saturated carbocycles.